The number of rotatable bonds is 9. The molecule has 1 aliphatic carbocycles. The number of nitro benzene ring substituents is 1. The van der Waals surface area contributed by atoms with E-state index < -0.39 is 22.4 Å². The molecule has 226 valence electrons. The lowest BCUT2D eigenvalue weighted by molar-refractivity contribution is -0.388. The van der Waals surface area contributed by atoms with Crippen LogP contribution in [0.25, 0.3) is 11.0 Å². The van der Waals surface area contributed by atoms with Gasteiger partial charge in [-0.15, -0.1) is 0 Å². The van der Waals surface area contributed by atoms with Gasteiger partial charge in [0, 0.05) is 49.4 Å². The van der Waals surface area contributed by atoms with Crippen LogP contribution in [0.4, 0.5) is 24.5 Å². The van der Waals surface area contributed by atoms with Gasteiger partial charge in [-0.3, -0.25) is 19.8 Å². The summed E-state index contributed by atoms with van der Waals surface area (Å²) in [6, 6.07) is 10.6. The molecule has 2 heterocycles. The number of alkyl halides is 3. The summed E-state index contributed by atoms with van der Waals surface area (Å²) in [5.74, 6) is 1.58. The molecule has 10 nitrogen and oxygen atoms in total. The lowest BCUT2D eigenvalue weighted by Gasteiger charge is -2.35. The van der Waals surface area contributed by atoms with Gasteiger partial charge in [-0.25, -0.2) is 0 Å². The maximum absolute atomic E-state index is 13.3. The van der Waals surface area contributed by atoms with Gasteiger partial charge in [-0.2, -0.15) is 13.2 Å². The predicted octanol–water partition coefficient (Wildman–Crippen LogP) is 5.45. The van der Waals surface area contributed by atoms with Crippen molar-refractivity contribution in [3.05, 3.63) is 63.9 Å². The molecule has 0 spiro atoms. The third-order valence-electron chi connectivity index (χ3n) is 7.87. The first-order valence-corrected chi connectivity index (χ1v) is 13.9. The van der Waals surface area contributed by atoms with Gasteiger partial charge in [-0.1, -0.05) is 0 Å². The second kappa shape index (κ2) is 12.6. The SMILES string of the molecule is COc1ccc2oc(CN3CCN(C(=O)COC4CCC(Nc5ccc([N+](=O)[O-])c(C(F)(F)F)c5)CC4)CC3)cc2c1. The molecule has 5 rings (SSSR count). The molecule has 42 heavy (non-hydrogen) atoms. The molecular formula is C29H33F3N4O6. The number of amides is 1. The van der Waals surface area contributed by atoms with Gasteiger partial charge in [0.05, 0.1) is 24.7 Å². The highest BCUT2D eigenvalue weighted by molar-refractivity contribution is 5.79. The normalized spacial score (nSPS) is 20.0. The fourth-order valence-corrected chi connectivity index (χ4v) is 5.56. The molecule has 2 aromatic carbocycles. The number of furan rings is 1. The molecule has 1 saturated heterocycles. The van der Waals surface area contributed by atoms with Crippen LogP contribution in [0.5, 0.6) is 5.75 Å². The summed E-state index contributed by atoms with van der Waals surface area (Å²) in [4.78, 5) is 26.8. The van der Waals surface area contributed by atoms with E-state index in [1.54, 1.807) is 12.0 Å². The Kier molecular flexibility index (Phi) is 8.88. The Hall–Kier alpha value is -3.84. The molecule has 1 N–H and O–H groups in total. The maximum Gasteiger partial charge on any atom is 0.423 e. The van der Waals surface area contributed by atoms with Gasteiger partial charge < -0.3 is 24.1 Å². The van der Waals surface area contributed by atoms with Crippen molar-refractivity contribution < 1.29 is 36.8 Å². The second-order valence-electron chi connectivity index (χ2n) is 10.7. The molecule has 1 aliphatic heterocycles. The van der Waals surface area contributed by atoms with Crippen LogP contribution in [-0.4, -0.2) is 72.7 Å². The van der Waals surface area contributed by atoms with Gasteiger partial charge in [0.1, 0.15) is 29.3 Å². The number of halogens is 3. The number of carbonyl (C=O) groups excluding carboxylic acids is 1. The number of nitro groups is 1. The van der Waals surface area contributed by atoms with Crippen molar-refractivity contribution in [3.63, 3.8) is 0 Å². The number of piperazine rings is 1. The van der Waals surface area contributed by atoms with Crippen molar-refractivity contribution in [1.82, 2.24) is 9.80 Å². The minimum absolute atomic E-state index is 0.00847. The number of nitrogens with one attached hydrogen (secondary N) is 1. The van der Waals surface area contributed by atoms with Gasteiger partial charge in [0.2, 0.25) is 5.91 Å². The molecule has 13 heteroatoms. The van der Waals surface area contributed by atoms with Crippen LogP contribution in [0, 0.1) is 10.1 Å². The molecule has 3 aromatic rings. The second-order valence-corrected chi connectivity index (χ2v) is 10.7. The molecule has 1 saturated carbocycles. The summed E-state index contributed by atoms with van der Waals surface area (Å²) in [7, 11) is 1.63. The number of ether oxygens (including phenoxy) is 2. The van der Waals surface area contributed by atoms with E-state index in [2.05, 4.69) is 10.2 Å². The molecule has 2 fully saturated rings. The Bertz CT molecular complexity index is 1410. The lowest BCUT2D eigenvalue weighted by atomic mass is 9.92. The fraction of sp³-hybridized carbons (Fsp3) is 0.483. The Morgan fingerprint density at radius 3 is 2.48 bits per heavy atom. The van der Waals surface area contributed by atoms with Gasteiger partial charge in [0.15, 0.2) is 0 Å². The van der Waals surface area contributed by atoms with E-state index in [0.29, 0.717) is 45.3 Å². The highest BCUT2D eigenvalue weighted by Gasteiger charge is 2.38. The van der Waals surface area contributed by atoms with Crippen LogP contribution >= 0.6 is 0 Å². The molecule has 0 bridgehead atoms. The summed E-state index contributed by atoms with van der Waals surface area (Å²) in [6.07, 6.45) is -2.34. The van der Waals surface area contributed by atoms with E-state index in [0.717, 1.165) is 47.7 Å². The summed E-state index contributed by atoms with van der Waals surface area (Å²) in [6.45, 7) is 3.29. The Morgan fingerprint density at radius 2 is 1.81 bits per heavy atom. The Labute approximate surface area is 240 Å². The molecule has 0 radical (unpaired) electrons. The topological polar surface area (TPSA) is 110 Å². The van der Waals surface area contributed by atoms with E-state index in [4.69, 9.17) is 13.9 Å². The minimum atomic E-state index is -4.82. The zero-order valence-electron chi connectivity index (χ0n) is 23.2. The first-order chi connectivity index (χ1) is 20.1. The molecule has 1 aromatic heterocycles. The lowest BCUT2D eigenvalue weighted by Crippen LogP contribution is -2.49. The predicted molar refractivity (Wildman–Crippen MR) is 148 cm³/mol. The number of hydrogen-bond acceptors (Lipinski definition) is 8. The number of carbonyl (C=O) groups is 1. The fourth-order valence-electron chi connectivity index (χ4n) is 5.56. The number of anilines is 1. The van der Waals surface area contributed by atoms with E-state index in [1.807, 2.05) is 24.3 Å². The van der Waals surface area contributed by atoms with E-state index in [9.17, 15) is 28.1 Å². The van der Waals surface area contributed by atoms with E-state index in [-0.39, 0.29) is 30.3 Å². The van der Waals surface area contributed by atoms with Crippen molar-refractivity contribution in [2.45, 2.75) is 50.6 Å². The summed E-state index contributed by atoms with van der Waals surface area (Å²) in [5, 5.41) is 15.0. The van der Waals surface area contributed by atoms with Crippen LogP contribution in [0.3, 0.4) is 0 Å². The number of nitrogens with zero attached hydrogens (tertiary/aromatic N) is 3. The first-order valence-electron chi connectivity index (χ1n) is 13.9. The third-order valence-corrected chi connectivity index (χ3v) is 7.87. The zero-order valence-corrected chi connectivity index (χ0v) is 23.2. The maximum atomic E-state index is 13.3. The van der Waals surface area contributed by atoms with Crippen LogP contribution in [0.15, 0.2) is 46.9 Å². The highest BCUT2D eigenvalue weighted by Crippen LogP contribution is 2.38. The summed E-state index contributed by atoms with van der Waals surface area (Å²) in [5.41, 5.74) is -1.25. The molecule has 1 amide bonds. The van der Waals surface area contributed by atoms with Gasteiger partial charge >= 0.3 is 6.18 Å². The monoisotopic (exact) mass is 590 g/mol. The first kappa shape index (κ1) is 29.6. The van der Waals surface area contributed by atoms with Crippen molar-refractivity contribution in [1.29, 1.82) is 0 Å². The Balaban J connectivity index is 1.03. The number of fused-ring (bicyclic) bond motifs is 1. The zero-order chi connectivity index (χ0) is 29.9. The number of benzene rings is 2. The molecular weight excluding hydrogens is 557 g/mol. The highest BCUT2D eigenvalue weighted by atomic mass is 19.4. The standard InChI is InChI=1S/C29H33F3N4O6/c1-40-23-7-9-27-19(14-23)15-24(42-27)17-34-10-12-35(13-11-34)28(37)18-41-22-5-2-20(3-6-22)33-21-4-8-26(36(38)39)25(16-21)29(30,31)32/h4,7-9,14-16,20,22,33H,2-3,5-6,10-13,17-18H2,1H3. The van der Waals surface area contributed by atoms with Crippen LogP contribution in [0.2, 0.25) is 0 Å². The summed E-state index contributed by atoms with van der Waals surface area (Å²) >= 11 is 0. The van der Waals surface area contributed by atoms with Gasteiger partial charge in [0.25, 0.3) is 5.69 Å². The van der Waals surface area contributed by atoms with Crippen LogP contribution in [0.1, 0.15) is 37.0 Å². The average Bonchev–Trinajstić information content (AvgIpc) is 3.37. The van der Waals surface area contributed by atoms with Crippen molar-refractivity contribution in [2.24, 2.45) is 0 Å². The molecule has 0 unspecified atom stereocenters. The van der Waals surface area contributed by atoms with Crippen LogP contribution < -0.4 is 10.1 Å². The largest absolute Gasteiger partial charge is 0.497 e. The average molecular weight is 591 g/mol. The quantitative estimate of drug-likeness (QED) is 0.259. The number of hydrogen-bond donors (Lipinski definition) is 1. The van der Waals surface area contributed by atoms with Gasteiger partial charge in [-0.05, 0) is 62.1 Å². The minimum Gasteiger partial charge on any atom is -0.497 e. The van der Waals surface area contributed by atoms with Crippen molar-refractivity contribution >= 4 is 28.3 Å². The third kappa shape index (κ3) is 7.13. The molecule has 2 aliphatic rings. The summed E-state index contributed by atoms with van der Waals surface area (Å²) < 4.78 is 57.0. The Morgan fingerprint density at radius 1 is 1.07 bits per heavy atom. The number of methoxy groups -OCH3 is 1. The van der Waals surface area contributed by atoms with Crippen molar-refractivity contribution in [3.8, 4) is 5.75 Å². The van der Waals surface area contributed by atoms with E-state index in [1.165, 1.54) is 6.07 Å². The van der Waals surface area contributed by atoms with Crippen LogP contribution in [-0.2, 0) is 22.3 Å². The smallest absolute Gasteiger partial charge is 0.423 e. The van der Waals surface area contributed by atoms with Crippen molar-refractivity contribution in [2.75, 3.05) is 45.2 Å². The molecule has 0 atom stereocenters. The van der Waals surface area contributed by atoms with E-state index >= 15 is 0 Å².